The summed E-state index contributed by atoms with van der Waals surface area (Å²) in [5.41, 5.74) is -0.285. The lowest BCUT2D eigenvalue weighted by Crippen LogP contribution is -2.14. The van der Waals surface area contributed by atoms with Crippen molar-refractivity contribution in [1.82, 2.24) is 0 Å². The number of benzene rings is 1. The number of nitro groups is 1. The van der Waals surface area contributed by atoms with Gasteiger partial charge in [0.1, 0.15) is 5.82 Å². The second kappa shape index (κ2) is 4.83. The smallest absolute Gasteiger partial charge is 0.273 e. The molecular weight excluding hydrogens is 245 g/mol. The van der Waals surface area contributed by atoms with Crippen LogP contribution in [0.3, 0.4) is 0 Å². The molecule has 6 heteroatoms. The van der Waals surface area contributed by atoms with Gasteiger partial charge in [-0.25, -0.2) is 4.39 Å². The van der Waals surface area contributed by atoms with E-state index in [1.165, 1.54) is 11.8 Å². The quantitative estimate of drug-likeness (QED) is 0.473. The molecule has 1 unspecified atom stereocenters. The van der Waals surface area contributed by atoms with Gasteiger partial charge in [0.25, 0.3) is 5.69 Å². The van der Waals surface area contributed by atoms with E-state index in [1.807, 2.05) is 0 Å². The van der Waals surface area contributed by atoms with E-state index in [1.54, 1.807) is 0 Å². The molecule has 1 aliphatic heterocycles. The molecule has 1 atom stereocenters. The maximum absolute atomic E-state index is 13.2. The third kappa shape index (κ3) is 2.63. The Morgan fingerprint density at radius 2 is 2.24 bits per heavy atom. The highest BCUT2D eigenvalue weighted by Gasteiger charge is 2.26. The molecule has 0 spiro atoms. The van der Waals surface area contributed by atoms with Crippen molar-refractivity contribution in [2.24, 2.45) is 0 Å². The van der Waals surface area contributed by atoms with Crippen molar-refractivity contribution in [2.75, 3.05) is 5.75 Å². The van der Waals surface area contributed by atoms with Gasteiger partial charge in [0, 0.05) is 11.6 Å². The Labute approximate surface area is 101 Å². The summed E-state index contributed by atoms with van der Waals surface area (Å²) >= 11 is 1.52. The number of hydrogen-bond donors (Lipinski definition) is 0. The molecule has 90 valence electrons. The number of thioether (sulfide) groups is 1. The van der Waals surface area contributed by atoms with Gasteiger partial charge in [-0.15, -0.1) is 0 Å². The average molecular weight is 255 g/mol. The van der Waals surface area contributed by atoms with Crippen molar-refractivity contribution in [3.63, 3.8) is 0 Å². The van der Waals surface area contributed by atoms with Crippen molar-refractivity contribution in [3.05, 3.63) is 39.7 Å². The Morgan fingerprint density at radius 3 is 2.82 bits per heavy atom. The van der Waals surface area contributed by atoms with Crippen LogP contribution in [-0.2, 0) is 0 Å². The monoisotopic (exact) mass is 255 g/mol. The first-order valence-electron chi connectivity index (χ1n) is 5.19. The predicted octanol–water partition coefficient (Wildman–Crippen LogP) is 2.81. The van der Waals surface area contributed by atoms with Gasteiger partial charge in [0.2, 0.25) is 0 Å². The van der Waals surface area contributed by atoms with Crippen molar-refractivity contribution in [1.29, 1.82) is 0 Å². The number of Topliss-reactive ketones (excluding diaryl/α,β-unsaturated/α-hetero) is 1. The maximum atomic E-state index is 13.2. The number of carbonyl (C=O) groups excluding carboxylic acids is 1. The van der Waals surface area contributed by atoms with Crippen LogP contribution in [0.5, 0.6) is 0 Å². The van der Waals surface area contributed by atoms with Gasteiger partial charge in [0.05, 0.1) is 16.2 Å². The first-order valence-corrected chi connectivity index (χ1v) is 6.23. The Hall–Kier alpha value is -1.43. The summed E-state index contributed by atoms with van der Waals surface area (Å²) in [5, 5.41) is 10.4. The number of carbonyl (C=O) groups is 1. The SMILES string of the molecule is O=C(c1cc(F)cc([N+](=O)[O-])c1)C1CCCS1. The number of nitro benzene ring substituents is 1. The molecule has 4 nitrogen and oxygen atoms in total. The molecular formula is C11H10FNO3S. The largest absolute Gasteiger partial charge is 0.293 e. The third-order valence-electron chi connectivity index (χ3n) is 2.60. The fraction of sp³-hybridized carbons (Fsp3) is 0.364. The fourth-order valence-corrected chi connectivity index (χ4v) is 3.03. The Kier molecular flexibility index (Phi) is 3.42. The zero-order valence-corrected chi connectivity index (χ0v) is 9.71. The van der Waals surface area contributed by atoms with Gasteiger partial charge >= 0.3 is 0 Å². The molecule has 1 saturated heterocycles. The van der Waals surface area contributed by atoms with E-state index in [-0.39, 0.29) is 22.3 Å². The van der Waals surface area contributed by atoms with E-state index < -0.39 is 10.7 Å². The van der Waals surface area contributed by atoms with Crippen LogP contribution >= 0.6 is 11.8 Å². The average Bonchev–Trinajstić information content (AvgIpc) is 2.80. The number of non-ortho nitro benzene ring substituents is 1. The normalized spacial score (nSPS) is 19.2. The van der Waals surface area contributed by atoms with Crippen molar-refractivity contribution >= 4 is 23.2 Å². The predicted molar refractivity (Wildman–Crippen MR) is 62.9 cm³/mol. The summed E-state index contributed by atoms with van der Waals surface area (Å²) in [6.45, 7) is 0. The molecule has 0 N–H and O–H groups in total. The van der Waals surface area contributed by atoms with E-state index in [2.05, 4.69) is 0 Å². The molecule has 0 bridgehead atoms. The molecule has 0 radical (unpaired) electrons. The maximum Gasteiger partial charge on any atom is 0.273 e. The highest BCUT2D eigenvalue weighted by Crippen LogP contribution is 2.30. The lowest BCUT2D eigenvalue weighted by molar-refractivity contribution is -0.385. The lowest BCUT2D eigenvalue weighted by atomic mass is 10.0. The van der Waals surface area contributed by atoms with Crippen molar-refractivity contribution in [3.8, 4) is 0 Å². The Bertz CT molecular complexity index is 472. The van der Waals surface area contributed by atoms with Crippen LogP contribution in [0.15, 0.2) is 18.2 Å². The summed E-state index contributed by atoms with van der Waals surface area (Å²) in [4.78, 5) is 21.8. The van der Waals surface area contributed by atoms with E-state index in [0.717, 1.165) is 36.8 Å². The summed E-state index contributed by atoms with van der Waals surface area (Å²) < 4.78 is 13.2. The van der Waals surface area contributed by atoms with E-state index >= 15 is 0 Å². The molecule has 1 aromatic carbocycles. The van der Waals surface area contributed by atoms with E-state index in [4.69, 9.17) is 0 Å². The molecule has 1 aromatic rings. The van der Waals surface area contributed by atoms with E-state index in [0.29, 0.717) is 0 Å². The van der Waals surface area contributed by atoms with Crippen LogP contribution in [0.2, 0.25) is 0 Å². The summed E-state index contributed by atoms with van der Waals surface area (Å²) in [5.74, 6) is -0.0472. The minimum absolute atomic E-state index is 0.0936. The standard InChI is InChI=1S/C11H10FNO3S/c12-8-4-7(5-9(6-8)13(15)16)11(14)10-2-1-3-17-10/h4-6,10H,1-3H2. The fourth-order valence-electron chi connectivity index (χ4n) is 1.79. The summed E-state index contributed by atoms with van der Waals surface area (Å²) in [6.07, 6.45) is 1.71. The van der Waals surface area contributed by atoms with Crippen LogP contribution in [0.4, 0.5) is 10.1 Å². The molecule has 17 heavy (non-hydrogen) atoms. The molecule has 1 fully saturated rings. The van der Waals surface area contributed by atoms with Crippen LogP contribution in [0, 0.1) is 15.9 Å². The molecule has 1 heterocycles. The molecule has 2 rings (SSSR count). The molecule has 1 aliphatic rings. The van der Waals surface area contributed by atoms with Crippen LogP contribution in [0.25, 0.3) is 0 Å². The molecule has 0 aromatic heterocycles. The Balaban J connectivity index is 2.31. The summed E-state index contributed by atoms with van der Waals surface area (Å²) in [6, 6.07) is 3.02. The van der Waals surface area contributed by atoms with Crippen molar-refractivity contribution in [2.45, 2.75) is 18.1 Å². The second-order valence-electron chi connectivity index (χ2n) is 3.82. The highest BCUT2D eigenvalue weighted by molar-refractivity contribution is 8.00. The second-order valence-corrected chi connectivity index (χ2v) is 5.13. The van der Waals surface area contributed by atoms with Crippen LogP contribution in [-0.4, -0.2) is 21.7 Å². The number of nitrogens with zero attached hydrogens (tertiary/aromatic N) is 1. The van der Waals surface area contributed by atoms with Gasteiger partial charge in [0.15, 0.2) is 5.78 Å². The van der Waals surface area contributed by atoms with Crippen LogP contribution < -0.4 is 0 Å². The van der Waals surface area contributed by atoms with Gasteiger partial charge in [-0.1, -0.05) is 0 Å². The minimum Gasteiger partial charge on any atom is -0.293 e. The molecule has 0 amide bonds. The zero-order valence-electron chi connectivity index (χ0n) is 8.89. The lowest BCUT2D eigenvalue weighted by Gasteiger charge is -2.07. The number of halogens is 1. The van der Waals surface area contributed by atoms with Gasteiger partial charge in [-0.05, 0) is 24.7 Å². The number of rotatable bonds is 3. The third-order valence-corrected chi connectivity index (χ3v) is 3.98. The van der Waals surface area contributed by atoms with E-state index in [9.17, 15) is 19.3 Å². The molecule has 0 aliphatic carbocycles. The van der Waals surface area contributed by atoms with Gasteiger partial charge in [-0.2, -0.15) is 11.8 Å². The van der Waals surface area contributed by atoms with Gasteiger partial charge in [-0.3, -0.25) is 14.9 Å². The van der Waals surface area contributed by atoms with Crippen molar-refractivity contribution < 1.29 is 14.1 Å². The number of ketones is 1. The summed E-state index contributed by atoms with van der Waals surface area (Å²) in [7, 11) is 0. The van der Waals surface area contributed by atoms with Gasteiger partial charge < -0.3 is 0 Å². The van der Waals surface area contributed by atoms with Crippen LogP contribution in [0.1, 0.15) is 23.2 Å². The Morgan fingerprint density at radius 1 is 1.47 bits per heavy atom. The topological polar surface area (TPSA) is 60.2 Å². The first kappa shape index (κ1) is 12.0. The zero-order chi connectivity index (χ0) is 12.4. The number of hydrogen-bond acceptors (Lipinski definition) is 4. The highest BCUT2D eigenvalue weighted by atomic mass is 32.2. The minimum atomic E-state index is -0.745. The first-order chi connectivity index (χ1) is 8.08. The molecule has 0 saturated carbocycles.